The van der Waals surface area contributed by atoms with Gasteiger partial charge in [0.25, 0.3) is 0 Å². The van der Waals surface area contributed by atoms with E-state index in [4.69, 9.17) is 5.73 Å². The highest BCUT2D eigenvalue weighted by atomic mass is 79.9. The molecule has 0 aliphatic heterocycles. The molecule has 0 atom stereocenters. The summed E-state index contributed by atoms with van der Waals surface area (Å²) in [6.07, 6.45) is 0. The lowest BCUT2D eigenvalue weighted by Crippen LogP contribution is -1.91. The lowest BCUT2D eigenvalue weighted by Gasteiger charge is -2.08. The Kier molecular flexibility index (Phi) is 3.55. The van der Waals surface area contributed by atoms with E-state index in [0.29, 0.717) is 5.82 Å². The molecule has 0 amide bonds. The van der Waals surface area contributed by atoms with Gasteiger partial charge in [0.2, 0.25) is 0 Å². The second-order valence-electron chi connectivity index (χ2n) is 5.14. The lowest BCUT2D eigenvalue weighted by atomic mass is 9.97. The van der Waals surface area contributed by atoms with Crippen molar-refractivity contribution in [3.8, 4) is 22.4 Å². The van der Waals surface area contributed by atoms with Gasteiger partial charge in [-0.3, -0.25) is 5.10 Å². The number of aromatic nitrogens is 2. The molecule has 0 aliphatic rings. The molecule has 0 unspecified atom stereocenters. The lowest BCUT2D eigenvalue weighted by molar-refractivity contribution is 1.10. The van der Waals surface area contributed by atoms with Crippen molar-refractivity contribution >= 4 is 21.7 Å². The Morgan fingerprint density at radius 2 is 1.81 bits per heavy atom. The van der Waals surface area contributed by atoms with Crippen LogP contribution in [0.4, 0.5) is 5.82 Å². The van der Waals surface area contributed by atoms with Crippen LogP contribution >= 0.6 is 15.9 Å². The molecule has 0 radical (unpaired) electrons. The van der Waals surface area contributed by atoms with E-state index in [1.165, 1.54) is 11.1 Å². The van der Waals surface area contributed by atoms with Crippen LogP contribution in [0.15, 0.2) is 46.9 Å². The summed E-state index contributed by atoms with van der Waals surface area (Å²) in [6, 6.07) is 14.4. The second kappa shape index (κ2) is 5.37. The van der Waals surface area contributed by atoms with E-state index in [9.17, 15) is 0 Å². The fourth-order valence-corrected chi connectivity index (χ4v) is 2.89. The Morgan fingerprint density at radius 3 is 2.52 bits per heavy atom. The minimum atomic E-state index is 0.518. The highest BCUT2D eigenvalue weighted by Crippen LogP contribution is 2.38. The van der Waals surface area contributed by atoms with Crippen molar-refractivity contribution in [1.82, 2.24) is 10.2 Å². The molecular weight excluding hydrogens is 326 g/mol. The van der Waals surface area contributed by atoms with E-state index in [0.717, 1.165) is 26.9 Å². The number of halogens is 1. The van der Waals surface area contributed by atoms with Crippen molar-refractivity contribution in [1.29, 1.82) is 0 Å². The number of nitrogens with two attached hydrogens (primary N) is 1. The van der Waals surface area contributed by atoms with Gasteiger partial charge in [0.1, 0.15) is 0 Å². The smallest absolute Gasteiger partial charge is 0.153 e. The van der Waals surface area contributed by atoms with Crippen LogP contribution in [0.1, 0.15) is 11.1 Å². The largest absolute Gasteiger partial charge is 0.382 e. The summed E-state index contributed by atoms with van der Waals surface area (Å²) in [5.74, 6) is 0.518. The Bertz CT molecular complexity index is 806. The zero-order valence-corrected chi connectivity index (χ0v) is 13.5. The van der Waals surface area contributed by atoms with Gasteiger partial charge in [-0.2, -0.15) is 5.10 Å². The Labute approximate surface area is 132 Å². The first kappa shape index (κ1) is 13.9. The summed E-state index contributed by atoms with van der Waals surface area (Å²) < 4.78 is 1.01. The predicted molar refractivity (Wildman–Crippen MR) is 91.0 cm³/mol. The summed E-state index contributed by atoms with van der Waals surface area (Å²) in [4.78, 5) is 0. The summed E-state index contributed by atoms with van der Waals surface area (Å²) >= 11 is 3.59. The molecule has 3 rings (SSSR count). The molecule has 1 aromatic heterocycles. The summed E-state index contributed by atoms with van der Waals surface area (Å²) in [6.45, 7) is 4.21. The van der Waals surface area contributed by atoms with Crippen molar-refractivity contribution < 1.29 is 0 Å². The van der Waals surface area contributed by atoms with Gasteiger partial charge in [0.15, 0.2) is 5.82 Å². The van der Waals surface area contributed by atoms with Crippen LogP contribution in [0.25, 0.3) is 22.4 Å². The van der Waals surface area contributed by atoms with Gasteiger partial charge in [0, 0.05) is 10.0 Å². The van der Waals surface area contributed by atoms with Crippen LogP contribution in [-0.2, 0) is 0 Å². The van der Waals surface area contributed by atoms with Gasteiger partial charge < -0.3 is 5.73 Å². The number of nitrogens with zero attached hydrogens (tertiary/aromatic N) is 1. The van der Waals surface area contributed by atoms with Crippen LogP contribution in [0.5, 0.6) is 0 Å². The minimum absolute atomic E-state index is 0.518. The molecule has 4 heteroatoms. The minimum Gasteiger partial charge on any atom is -0.382 e. The SMILES string of the molecule is Cc1ccc(-c2c(N)n[nH]c2-c2ccccc2Br)cc1C. The molecule has 106 valence electrons. The van der Waals surface area contributed by atoms with Crippen molar-refractivity contribution in [3.63, 3.8) is 0 Å². The molecule has 0 aliphatic carbocycles. The highest BCUT2D eigenvalue weighted by Gasteiger charge is 2.16. The van der Waals surface area contributed by atoms with Gasteiger partial charge in [-0.1, -0.05) is 52.3 Å². The number of rotatable bonds is 2. The van der Waals surface area contributed by atoms with Gasteiger partial charge in [-0.25, -0.2) is 0 Å². The first-order chi connectivity index (χ1) is 10.1. The Hall–Kier alpha value is -2.07. The summed E-state index contributed by atoms with van der Waals surface area (Å²) in [5.41, 5.74) is 12.6. The second-order valence-corrected chi connectivity index (χ2v) is 5.99. The van der Waals surface area contributed by atoms with E-state index in [2.05, 4.69) is 58.2 Å². The number of aromatic amines is 1. The molecule has 0 bridgehead atoms. The Balaban J connectivity index is 2.22. The monoisotopic (exact) mass is 341 g/mol. The van der Waals surface area contributed by atoms with Crippen molar-refractivity contribution in [2.24, 2.45) is 0 Å². The highest BCUT2D eigenvalue weighted by molar-refractivity contribution is 9.10. The summed E-state index contributed by atoms with van der Waals surface area (Å²) in [5, 5.41) is 7.25. The third-order valence-corrected chi connectivity index (χ3v) is 4.42. The van der Waals surface area contributed by atoms with E-state index in [1.807, 2.05) is 24.3 Å². The van der Waals surface area contributed by atoms with Gasteiger partial charge in [0.05, 0.1) is 11.3 Å². The molecule has 0 saturated heterocycles. The molecule has 0 fully saturated rings. The number of hydrogen-bond acceptors (Lipinski definition) is 2. The molecule has 0 spiro atoms. The van der Waals surface area contributed by atoms with E-state index < -0.39 is 0 Å². The van der Waals surface area contributed by atoms with Crippen LogP contribution in [0.2, 0.25) is 0 Å². The molecule has 0 saturated carbocycles. The first-order valence-electron chi connectivity index (χ1n) is 6.74. The van der Waals surface area contributed by atoms with Crippen molar-refractivity contribution in [2.45, 2.75) is 13.8 Å². The van der Waals surface area contributed by atoms with Crippen LogP contribution in [0, 0.1) is 13.8 Å². The van der Waals surface area contributed by atoms with Crippen LogP contribution in [-0.4, -0.2) is 10.2 Å². The number of nitrogens with one attached hydrogen (secondary N) is 1. The van der Waals surface area contributed by atoms with Crippen LogP contribution < -0.4 is 5.73 Å². The number of anilines is 1. The zero-order chi connectivity index (χ0) is 15.0. The number of hydrogen-bond donors (Lipinski definition) is 2. The zero-order valence-electron chi connectivity index (χ0n) is 11.9. The maximum atomic E-state index is 6.09. The molecule has 1 heterocycles. The van der Waals surface area contributed by atoms with E-state index >= 15 is 0 Å². The third kappa shape index (κ3) is 2.47. The number of nitrogen functional groups attached to an aromatic ring is 1. The van der Waals surface area contributed by atoms with Crippen LogP contribution in [0.3, 0.4) is 0 Å². The first-order valence-corrected chi connectivity index (χ1v) is 7.53. The molecule has 21 heavy (non-hydrogen) atoms. The average Bonchev–Trinajstić information content (AvgIpc) is 2.84. The average molecular weight is 342 g/mol. The topological polar surface area (TPSA) is 54.7 Å². The van der Waals surface area contributed by atoms with E-state index in [-0.39, 0.29) is 0 Å². The summed E-state index contributed by atoms with van der Waals surface area (Å²) in [7, 11) is 0. The third-order valence-electron chi connectivity index (χ3n) is 3.73. The maximum Gasteiger partial charge on any atom is 0.153 e. The normalized spacial score (nSPS) is 10.8. The molecule has 3 N–H and O–H groups in total. The van der Waals surface area contributed by atoms with Crippen molar-refractivity contribution in [2.75, 3.05) is 5.73 Å². The van der Waals surface area contributed by atoms with Gasteiger partial charge >= 0.3 is 0 Å². The maximum absolute atomic E-state index is 6.09. The molecule has 3 aromatic rings. The fourth-order valence-electron chi connectivity index (χ4n) is 2.40. The fraction of sp³-hybridized carbons (Fsp3) is 0.118. The Morgan fingerprint density at radius 1 is 1.05 bits per heavy atom. The number of aryl methyl sites for hydroxylation is 2. The number of benzene rings is 2. The quantitative estimate of drug-likeness (QED) is 0.709. The predicted octanol–water partition coefficient (Wildman–Crippen LogP) is 4.71. The molecule has 2 aromatic carbocycles. The van der Waals surface area contributed by atoms with E-state index in [1.54, 1.807) is 0 Å². The molecular formula is C17H16BrN3. The van der Waals surface area contributed by atoms with Crippen molar-refractivity contribution in [3.05, 3.63) is 58.1 Å². The standard InChI is InChI=1S/C17H16BrN3/c1-10-7-8-12(9-11(10)2)15-16(20-21-17(15)19)13-5-3-4-6-14(13)18/h3-9H,1-2H3,(H3,19,20,21). The molecule has 3 nitrogen and oxygen atoms in total. The van der Waals surface area contributed by atoms with Gasteiger partial charge in [-0.15, -0.1) is 0 Å². The number of H-pyrrole nitrogens is 1. The van der Waals surface area contributed by atoms with Gasteiger partial charge in [-0.05, 0) is 36.6 Å².